The Labute approximate surface area is 144 Å². The van der Waals surface area contributed by atoms with Gasteiger partial charge in [0.2, 0.25) is 11.8 Å². The quantitative estimate of drug-likeness (QED) is 0.758. The average Bonchev–Trinajstić information content (AvgIpc) is 2.59. The number of rotatable bonds is 5. The molecule has 2 amide bonds. The van der Waals surface area contributed by atoms with Crippen molar-refractivity contribution >= 4 is 11.8 Å². The maximum Gasteiger partial charge on any atom is 0.224 e. The number of carbonyl (C=O) groups is 2. The van der Waals surface area contributed by atoms with Gasteiger partial charge in [-0.3, -0.25) is 14.5 Å². The molecule has 0 radical (unpaired) electrons. The number of ether oxygens (including phenoxy) is 1. The minimum atomic E-state index is -0.542. The van der Waals surface area contributed by atoms with E-state index in [0.717, 1.165) is 32.4 Å². The molecular weight excluding hydrogens is 310 g/mol. The molecule has 0 aromatic heterocycles. The van der Waals surface area contributed by atoms with Crippen molar-refractivity contribution in [3.05, 3.63) is 0 Å². The first-order valence-corrected chi connectivity index (χ1v) is 8.88. The van der Waals surface area contributed by atoms with Crippen LogP contribution in [0.15, 0.2) is 0 Å². The van der Waals surface area contributed by atoms with Crippen molar-refractivity contribution in [1.82, 2.24) is 14.7 Å². The zero-order valence-electron chi connectivity index (χ0n) is 15.1. The Hall–Kier alpha value is -1.18. The summed E-state index contributed by atoms with van der Waals surface area (Å²) in [6.07, 6.45) is 2.58. The molecule has 1 saturated carbocycles. The first-order chi connectivity index (χ1) is 11.5. The van der Waals surface area contributed by atoms with Gasteiger partial charge in [0, 0.05) is 53.3 Å². The van der Waals surface area contributed by atoms with E-state index in [9.17, 15) is 14.7 Å². The van der Waals surface area contributed by atoms with Gasteiger partial charge in [0.1, 0.15) is 0 Å². The molecule has 1 heterocycles. The standard InChI is InChI=1S/C17H31N3O4/c1-13(21)19-8-10-20(11-9-19)15-6-4-5-14(17(15)23)18(2)16(22)7-12-24-3/h14-15,17,23H,4-12H2,1-3H3/t14-,15-,17-/m1/s1. The minimum Gasteiger partial charge on any atom is -0.389 e. The van der Waals surface area contributed by atoms with Crippen LogP contribution in [-0.4, -0.2) is 96.8 Å². The first-order valence-electron chi connectivity index (χ1n) is 8.88. The number of likely N-dealkylation sites (N-methyl/N-ethyl adjacent to an activating group) is 1. The summed E-state index contributed by atoms with van der Waals surface area (Å²) < 4.78 is 4.97. The van der Waals surface area contributed by atoms with Crippen LogP contribution < -0.4 is 0 Å². The van der Waals surface area contributed by atoms with Gasteiger partial charge in [0.15, 0.2) is 0 Å². The SMILES string of the molecule is COCCC(=O)N(C)[C@@H]1CCC[C@@H](N2CCN(C(C)=O)CC2)[C@@H]1O. The van der Waals surface area contributed by atoms with E-state index in [1.807, 2.05) is 4.90 Å². The van der Waals surface area contributed by atoms with Gasteiger partial charge in [-0.15, -0.1) is 0 Å². The summed E-state index contributed by atoms with van der Waals surface area (Å²) in [7, 11) is 3.36. The topological polar surface area (TPSA) is 73.3 Å². The van der Waals surface area contributed by atoms with Gasteiger partial charge >= 0.3 is 0 Å². The number of hydrogen-bond acceptors (Lipinski definition) is 5. The molecular formula is C17H31N3O4. The molecule has 1 aliphatic heterocycles. The lowest BCUT2D eigenvalue weighted by atomic mass is 9.85. The number of carbonyl (C=O) groups excluding carboxylic acids is 2. The zero-order chi connectivity index (χ0) is 17.7. The van der Waals surface area contributed by atoms with E-state index in [0.29, 0.717) is 26.1 Å². The van der Waals surface area contributed by atoms with Crippen LogP contribution in [0.1, 0.15) is 32.6 Å². The summed E-state index contributed by atoms with van der Waals surface area (Å²) >= 11 is 0. The van der Waals surface area contributed by atoms with Crippen LogP contribution in [0.25, 0.3) is 0 Å². The van der Waals surface area contributed by atoms with Crippen molar-refractivity contribution in [2.75, 3.05) is 46.9 Å². The van der Waals surface area contributed by atoms with E-state index in [-0.39, 0.29) is 23.9 Å². The van der Waals surface area contributed by atoms with Crippen LogP contribution in [0, 0.1) is 0 Å². The van der Waals surface area contributed by atoms with E-state index >= 15 is 0 Å². The molecule has 1 N–H and O–H groups in total. The number of hydrogen-bond donors (Lipinski definition) is 1. The number of amides is 2. The number of piperazine rings is 1. The molecule has 0 bridgehead atoms. The fourth-order valence-electron chi connectivity index (χ4n) is 3.87. The van der Waals surface area contributed by atoms with Crippen LogP contribution in [-0.2, 0) is 14.3 Å². The highest BCUT2D eigenvalue weighted by molar-refractivity contribution is 5.76. The van der Waals surface area contributed by atoms with Crippen LogP contribution in [0.4, 0.5) is 0 Å². The van der Waals surface area contributed by atoms with Gasteiger partial charge < -0.3 is 19.6 Å². The Morgan fingerprint density at radius 1 is 1.21 bits per heavy atom. The molecule has 0 aromatic carbocycles. The van der Waals surface area contributed by atoms with Gasteiger partial charge in [0.25, 0.3) is 0 Å². The lowest BCUT2D eigenvalue weighted by molar-refractivity contribution is -0.140. The smallest absolute Gasteiger partial charge is 0.224 e. The maximum absolute atomic E-state index is 12.2. The van der Waals surface area contributed by atoms with Gasteiger partial charge in [-0.25, -0.2) is 0 Å². The van der Waals surface area contributed by atoms with Gasteiger partial charge in [-0.05, 0) is 19.3 Å². The molecule has 7 heteroatoms. The van der Waals surface area contributed by atoms with Crippen molar-refractivity contribution in [2.24, 2.45) is 0 Å². The summed E-state index contributed by atoms with van der Waals surface area (Å²) in [5, 5.41) is 10.9. The van der Waals surface area contributed by atoms with Gasteiger partial charge in [-0.1, -0.05) is 0 Å². The Kier molecular flexibility index (Phi) is 7.01. The number of methoxy groups -OCH3 is 1. The molecule has 0 unspecified atom stereocenters. The lowest BCUT2D eigenvalue weighted by Crippen LogP contribution is -2.60. The number of aliphatic hydroxyl groups excluding tert-OH is 1. The largest absolute Gasteiger partial charge is 0.389 e. The lowest BCUT2D eigenvalue weighted by Gasteiger charge is -2.46. The van der Waals surface area contributed by atoms with Gasteiger partial charge in [-0.2, -0.15) is 0 Å². The van der Waals surface area contributed by atoms with E-state index in [1.54, 1.807) is 26.0 Å². The van der Waals surface area contributed by atoms with Crippen molar-refractivity contribution in [3.8, 4) is 0 Å². The van der Waals surface area contributed by atoms with Crippen LogP contribution in [0.5, 0.6) is 0 Å². The van der Waals surface area contributed by atoms with Crippen LogP contribution >= 0.6 is 0 Å². The monoisotopic (exact) mass is 341 g/mol. The van der Waals surface area contributed by atoms with E-state index < -0.39 is 6.10 Å². The second-order valence-electron chi connectivity index (χ2n) is 6.85. The zero-order valence-corrected chi connectivity index (χ0v) is 15.1. The fraction of sp³-hybridized carbons (Fsp3) is 0.882. The molecule has 1 saturated heterocycles. The summed E-state index contributed by atoms with van der Waals surface area (Å²) in [5.74, 6) is 0.128. The minimum absolute atomic E-state index is 0.0166. The molecule has 3 atom stereocenters. The molecule has 0 aromatic rings. The second-order valence-corrected chi connectivity index (χ2v) is 6.85. The van der Waals surface area contributed by atoms with E-state index in [4.69, 9.17) is 4.74 Å². The highest BCUT2D eigenvalue weighted by Gasteiger charge is 2.39. The summed E-state index contributed by atoms with van der Waals surface area (Å²) in [6, 6.07) is -0.0746. The Balaban J connectivity index is 1.93. The molecule has 24 heavy (non-hydrogen) atoms. The second kappa shape index (κ2) is 8.78. The van der Waals surface area contributed by atoms with Crippen molar-refractivity contribution < 1.29 is 19.4 Å². The molecule has 2 rings (SSSR count). The average molecular weight is 341 g/mol. The normalized spacial score (nSPS) is 28.7. The molecule has 1 aliphatic carbocycles. The highest BCUT2D eigenvalue weighted by atomic mass is 16.5. The summed E-state index contributed by atoms with van der Waals surface area (Å²) in [6.45, 7) is 5.01. The summed E-state index contributed by atoms with van der Waals surface area (Å²) in [5.41, 5.74) is 0. The molecule has 138 valence electrons. The fourth-order valence-corrected chi connectivity index (χ4v) is 3.87. The molecule has 0 spiro atoms. The molecule has 7 nitrogen and oxygen atoms in total. The number of nitrogens with zero attached hydrogens (tertiary/aromatic N) is 3. The predicted molar refractivity (Wildman–Crippen MR) is 90.5 cm³/mol. The first kappa shape index (κ1) is 19.1. The third-order valence-electron chi connectivity index (χ3n) is 5.43. The van der Waals surface area contributed by atoms with Crippen molar-refractivity contribution in [2.45, 2.75) is 50.8 Å². The predicted octanol–water partition coefficient (Wildman–Crippen LogP) is -0.0726. The highest BCUT2D eigenvalue weighted by Crippen LogP contribution is 2.28. The summed E-state index contributed by atoms with van der Waals surface area (Å²) in [4.78, 5) is 29.5. The van der Waals surface area contributed by atoms with E-state index in [1.165, 1.54) is 0 Å². The Morgan fingerprint density at radius 2 is 1.88 bits per heavy atom. The van der Waals surface area contributed by atoms with Crippen molar-refractivity contribution in [3.63, 3.8) is 0 Å². The number of aliphatic hydroxyl groups is 1. The van der Waals surface area contributed by atoms with Crippen LogP contribution in [0.2, 0.25) is 0 Å². The third-order valence-corrected chi connectivity index (χ3v) is 5.43. The van der Waals surface area contributed by atoms with Crippen molar-refractivity contribution in [1.29, 1.82) is 0 Å². The van der Waals surface area contributed by atoms with Gasteiger partial charge in [0.05, 0.1) is 25.2 Å². The third kappa shape index (κ3) is 4.46. The maximum atomic E-state index is 12.2. The Bertz CT molecular complexity index is 438. The molecule has 2 fully saturated rings. The van der Waals surface area contributed by atoms with Crippen LogP contribution in [0.3, 0.4) is 0 Å². The molecule has 2 aliphatic rings. The Morgan fingerprint density at radius 3 is 2.46 bits per heavy atom. The van der Waals surface area contributed by atoms with E-state index in [2.05, 4.69) is 4.90 Å².